The number of amides is 1. The van der Waals surface area contributed by atoms with E-state index >= 15 is 0 Å². The first kappa shape index (κ1) is 20.0. The molecule has 3 aliphatic rings. The Hall–Kier alpha value is -0.0300. The number of rotatable bonds is 4. The molecule has 6 heteroatoms. The van der Waals surface area contributed by atoms with Gasteiger partial charge in [-0.2, -0.15) is 0 Å². The fraction of sp³-hybridized carbons (Fsp3) is 0.938. The van der Waals surface area contributed by atoms with Crippen LogP contribution in [0.15, 0.2) is 0 Å². The first-order valence-corrected chi connectivity index (χ1v) is 8.40. The number of halogens is 2. The summed E-state index contributed by atoms with van der Waals surface area (Å²) in [5, 5.41) is 6.57. The number of nitrogens with zero attached hydrogens (tertiary/aromatic N) is 1. The van der Waals surface area contributed by atoms with Crippen molar-refractivity contribution in [3.05, 3.63) is 0 Å². The van der Waals surface area contributed by atoms with Gasteiger partial charge in [0.25, 0.3) is 0 Å². The van der Waals surface area contributed by atoms with Crippen LogP contribution in [0.2, 0.25) is 0 Å². The number of carbonyl (C=O) groups is 1. The Balaban J connectivity index is 0.00000121. The first-order chi connectivity index (χ1) is 9.70. The van der Waals surface area contributed by atoms with Gasteiger partial charge in [0.1, 0.15) is 0 Å². The van der Waals surface area contributed by atoms with E-state index in [0.717, 1.165) is 38.5 Å². The van der Waals surface area contributed by atoms with E-state index in [1.54, 1.807) is 0 Å². The average molecular weight is 352 g/mol. The monoisotopic (exact) mass is 351 g/mol. The Morgan fingerprint density at radius 2 is 2.05 bits per heavy atom. The Bertz CT molecular complexity index is 361. The van der Waals surface area contributed by atoms with Crippen LogP contribution in [0.4, 0.5) is 0 Å². The molecular formula is C16H31Cl2N3O. The highest BCUT2D eigenvalue weighted by Gasteiger charge is 2.57. The van der Waals surface area contributed by atoms with Gasteiger partial charge in [0.05, 0.1) is 0 Å². The maximum atomic E-state index is 12.2. The molecule has 1 spiro atoms. The lowest BCUT2D eigenvalue weighted by Crippen LogP contribution is -2.41. The van der Waals surface area contributed by atoms with Gasteiger partial charge in [0, 0.05) is 25.6 Å². The molecule has 4 nitrogen and oxygen atoms in total. The van der Waals surface area contributed by atoms with Crippen molar-refractivity contribution < 1.29 is 4.79 Å². The first-order valence-electron chi connectivity index (χ1n) is 8.40. The summed E-state index contributed by atoms with van der Waals surface area (Å²) in [5.74, 6) is 1.45. The number of hydrogen-bond donors (Lipinski definition) is 2. The van der Waals surface area contributed by atoms with E-state index in [1.165, 1.54) is 38.8 Å². The largest absolute Gasteiger partial charge is 0.355 e. The summed E-state index contributed by atoms with van der Waals surface area (Å²) in [6, 6.07) is 0. The van der Waals surface area contributed by atoms with Crippen LogP contribution in [0.1, 0.15) is 39.0 Å². The second-order valence-electron chi connectivity index (χ2n) is 7.21. The van der Waals surface area contributed by atoms with E-state index in [1.807, 2.05) is 0 Å². The van der Waals surface area contributed by atoms with E-state index < -0.39 is 0 Å². The molecular weight excluding hydrogens is 321 g/mol. The van der Waals surface area contributed by atoms with Crippen LogP contribution >= 0.6 is 24.8 Å². The zero-order valence-corrected chi connectivity index (χ0v) is 15.2. The minimum Gasteiger partial charge on any atom is -0.355 e. The fourth-order valence-electron chi connectivity index (χ4n) is 4.15. The standard InChI is InChI=1S/C16H29N3O.2ClH/c1-13-3-2-9-19(12-13)10-8-18-15(20)14-11-16(14)4-6-17-7-5-16;;/h13-14,17H,2-12H2,1H3,(H,18,20);2*1H. The van der Waals surface area contributed by atoms with Crippen molar-refractivity contribution in [1.29, 1.82) is 0 Å². The SMILES string of the molecule is CC1CCCN(CCNC(=O)C2CC23CCNCC3)C1.Cl.Cl. The van der Waals surface area contributed by atoms with Crippen LogP contribution in [-0.4, -0.2) is 50.1 Å². The van der Waals surface area contributed by atoms with Gasteiger partial charge in [-0.1, -0.05) is 6.92 Å². The number of hydrogen-bond acceptors (Lipinski definition) is 3. The maximum Gasteiger partial charge on any atom is 0.223 e. The van der Waals surface area contributed by atoms with Crippen LogP contribution in [0.25, 0.3) is 0 Å². The zero-order valence-electron chi connectivity index (χ0n) is 13.6. The van der Waals surface area contributed by atoms with Gasteiger partial charge >= 0.3 is 0 Å². The van der Waals surface area contributed by atoms with Gasteiger partial charge in [-0.25, -0.2) is 0 Å². The van der Waals surface area contributed by atoms with E-state index in [9.17, 15) is 4.79 Å². The van der Waals surface area contributed by atoms with E-state index in [-0.39, 0.29) is 24.8 Å². The molecule has 1 saturated carbocycles. The summed E-state index contributed by atoms with van der Waals surface area (Å²) in [5.41, 5.74) is 0.370. The van der Waals surface area contributed by atoms with Crippen LogP contribution in [0.3, 0.4) is 0 Å². The lowest BCUT2D eigenvalue weighted by molar-refractivity contribution is -0.123. The van der Waals surface area contributed by atoms with Crippen molar-refractivity contribution in [2.24, 2.45) is 17.3 Å². The van der Waals surface area contributed by atoms with Gasteiger partial charge in [0.2, 0.25) is 5.91 Å². The van der Waals surface area contributed by atoms with Gasteiger partial charge in [-0.15, -0.1) is 24.8 Å². The van der Waals surface area contributed by atoms with E-state index in [4.69, 9.17) is 0 Å². The van der Waals surface area contributed by atoms with Crippen LogP contribution in [-0.2, 0) is 4.79 Å². The molecule has 2 heterocycles. The highest BCUT2D eigenvalue weighted by molar-refractivity contribution is 5.85. The fourth-order valence-corrected chi connectivity index (χ4v) is 4.15. The Labute approximate surface area is 147 Å². The van der Waals surface area contributed by atoms with E-state index in [2.05, 4.69) is 22.5 Å². The van der Waals surface area contributed by atoms with Gasteiger partial charge in [-0.05, 0) is 63.1 Å². The number of piperidine rings is 2. The summed E-state index contributed by atoms with van der Waals surface area (Å²) in [7, 11) is 0. The quantitative estimate of drug-likeness (QED) is 0.814. The lowest BCUT2D eigenvalue weighted by Gasteiger charge is -2.30. The summed E-state index contributed by atoms with van der Waals surface area (Å²) in [4.78, 5) is 14.7. The Kier molecular flexibility index (Phi) is 7.93. The molecule has 22 heavy (non-hydrogen) atoms. The third kappa shape index (κ3) is 4.73. The van der Waals surface area contributed by atoms with Crippen molar-refractivity contribution in [3.63, 3.8) is 0 Å². The van der Waals surface area contributed by atoms with Crippen molar-refractivity contribution in [3.8, 4) is 0 Å². The molecule has 2 atom stereocenters. The third-order valence-electron chi connectivity index (χ3n) is 5.57. The van der Waals surface area contributed by atoms with Crippen molar-refractivity contribution >= 4 is 30.7 Å². The van der Waals surface area contributed by atoms with Gasteiger partial charge < -0.3 is 15.5 Å². The predicted molar refractivity (Wildman–Crippen MR) is 95.0 cm³/mol. The second-order valence-corrected chi connectivity index (χ2v) is 7.21. The van der Waals surface area contributed by atoms with Crippen molar-refractivity contribution in [1.82, 2.24) is 15.5 Å². The number of carbonyl (C=O) groups excluding carboxylic acids is 1. The molecule has 0 aromatic carbocycles. The topological polar surface area (TPSA) is 44.4 Å². The Morgan fingerprint density at radius 1 is 1.32 bits per heavy atom. The minimum absolute atomic E-state index is 0. The van der Waals surface area contributed by atoms with Gasteiger partial charge in [0.15, 0.2) is 0 Å². The summed E-state index contributed by atoms with van der Waals surface area (Å²) in [6.45, 7) is 8.78. The molecule has 1 amide bonds. The Morgan fingerprint density at radius 3 is 2.73 bits per heavy atom. The van der Waals surface area contributed by atoms with Crippen LogP contribution in [0, 0.1) is 17.3 Å². The highest BCUT2D eigenvalue weighted by Crippen LogP contribution is 2.58. The minimum atomic E-state index is 0. The molecule has 130 valence electrons. The average Bonchev–Trinajstić information content (AvgIpc) is 3.13. The molecule has 2 N–H and O–H groups in total. The number of likely N-dealkylation sites (tertiary alicyclic amines) is 1. The summed E-state index contributed by atoms with van der Waals surface area (Å²) in [6.07, 6.45) is 6.18. The zero-order chi connectivity index (χ0) is 14.0. The molecule has 0 aromatic rings. The van der Waals surface area contributed by atoms with E-state index in [0.29, 0.717) is 17.2 Å². The molecule has 1 aliphatic carbocycles. The summed E-state index contributed by atoms with van der Waals surface area (Å²) >= 11 is 0. The normalized spacial score (nSPS) is 30.0. The predicted octanol–water partition coefficient (Wildman–Crippen LogP) is 2.07. The molecule has 3 rings (SSSR count). The molecule has 2 aliphatic heterocycles. The highest BCUT2D eigenvalue weighted by atomic mass is 35.5. The molecule has 0 aromatic heterocycles. The molecule has 2 unspecified atom stereocenters. The number of nitrogens with one attached hydrogen (secondary N) is 2. The van der Waals surface area contributed by atoms with Crippen LogP contribution in [0.5, 0.6) is 0 Å². The van der Waals surface area contributed by atoms with Crippen LogP contribution < -0.4 is 10.6 Å². The molecule has 3 fully saturated rings. The third-order valence-corrected chi connectivity index (χ3v) is 5.57. The second kappa shape index (κ2) is 8.72. The van der Waals surface area contributed by atoms with Gasteiger partial charge in [-0.3, -0.25) is 4.79 Å². The lowest BCUT2D eigenvalue weighted by atomic mass is 9.92. The summed E-state index contributed by atoms with van der Waals surface area (Å²) < 4.78 is 0. The molecule has 0 bridgehead atoms. The van der Waals surface area contributed by atoms with Crippen molar-refractivity contribution in [2.75, 3.05) is 39.3 Å². The van der Waals surface area contributed by atoms with Crippen molar-refractivity contribution in [2.45, 2.75) is 39.0 Å². The molecule has 0 radical (unpaired) electrons. The smallest absolute Gasteiger partial charge is 0.223 e. The molecule has 2 saturated heterocycles. The maximum absolute atomic E-state index is 12.2.